The van der Waals surface area contributed by atoms with Gasteiger partial charge in [0.1, 0.15) is 0 Å². The van der Waals surface area contributed by atoms with Crippen molar-refractivity contribution in [1.82, 2.24) is 0 Å². The van der Waals surface area contributed by atoms with Gasteiger partial charge in [0, 0.05) is 21.3 Å². The number of carbonyl (C=O) groups excluding carboxylic acids is 1. The third-order valence-corrected chi connectivity index (χ3v) is 4.08. The molecule has 0 heterocycles. The molecule has 104 valence electrons. The smallest absolute Gasteiger partial charge is 0.234 e. The van der Waals surface area contributed by atoms with Gasteiger partial charge < -0.3 is 11.1 Å². The van der Waals surface area contributed by atoms with Crippen LogP contribution in [0.3, 0.4) is 0 Å². The fraction of sp³-hybridized carbons (Fsp3) is 0.133. The van der Waals surface area contributed by atoms with E-state index in [4.69, 9.17) is 17.3 Å². The van der Waals surface area contributed by atoms with Gasteiger partial charge in [-0.1, -0.05) is 29.8 Å². The molecule has 0 aromatic heterocycles. The van der Waals surface area contributed by atoms with Gasteiger partial charge in [-0.2, -0.15) is 0 Å². The largest absolute Gasteiger partial charge is 0.398 e. The standard InChI is InChI=1S/C15H15ClN2OS/c1-10-6-7-11(16)8-13(10)18-15(19)9-20-14-5-3-2-4-12(14)17/h2-8H,9,17H2,1H3,(H,18,19). The lowest BCUT2D eigenvalue weighted by atomic mass is 10.2. The van der Waals surface area contributed by atoms with Crippen molar-refractivity contribution in [3.05, 3.63) is 53.1 Å². The molecule has 2 aromatic rings. The number of halogens is 1. The molecule has 0 bridgehead atoms. The number of aryl methyl sites for hydroxylation is 1. The van der Waals surface area contributed by atoms with Gasteiger partial charge in [-0.3, -0.25) is 4.79 Å². The van der Waals surface area contributed by atoms with E-state index in [-0.39, 0.29) is 5.91 Å². The molecule has 0 atom stereocenters. The van der Waals surface area contributed by atoms with Crippen LogP contribution in [0.25, 0.3) is 0 Å². The lowest BCUT2D eigenvalue weighted by molar-refractivity contribution is -0.113. The van der Waals surface area contributed by atoms with Crippen molar-refractivity contribution in [3.63, 3.8) is 0 Å². The minimum Gasteiger partial charge on any atom is -0.398 e. The Labute approximate surface area is 127 Å². The van der Waals surface area contributed by atoms with Crippen LogP contribution >= 0.6 is 23.4 Å². The highest BCUT2D eigenvalue weighted by atomic mass is 35.5. The Morgan fingerprint density at radius 1 is 1.30 bits per heavy atom. The zero-order valence-corrected chi connectivity index (χ0v) is 12.6. The number of hydrogen-bond donors (Lipinski definition) is 2. The summed E-state index contributed by atoms with van der Waals surface area (Å²) in [5.74, 6) is 0.226. The predicted molar refractivity (Wildman–Crippen MR) is 86.4 cm³/mol. The molecule has 3 N–H and O–H groups in total. The Morgan fingerprint density at radius 2 is 2.05 bits per heavy atom. The predicted octanol–water partition coefficient (Wildman–Crippen LogP) is 3.96. The van der Waals surface area contributed by atoms with Crippen molar-refractivity contribution in [1.29, 1.82) is 0 Å². The van der Waals surface area contributed by atoms with E-state index in [2.05, 4.69) is 5.32 Å². The molecule has 2 aromatic carbocycles. The average Bonchev–Trinajstić information content (AvgIpc) is 2.42. The van der Waals surface area contributed by atoms with Crippen molar-refractivity contribution in [2.75, 3.05) is 16.8 Å². The Hall–Kier alpha value is -1.65. The van der Waals surface area contributed by atoms with Crippen LogP contribution in [0, 0.1) is 6.92 Å². The molecule has 0 fully saturated rings. The minimum absolute atomic E-state index is 0.0800. The second kappa shape index (κ2) is 6.68. The molecule has 0 saturated carbocycles. The lowest BCUT2D eigenvalue weighted by Crippen LogP contribution is -2.14. The molecule has 0 unspecified atom stereocenters. The number of nitrogens with one attached hydrogen (secondary N) is 1. The van der Waals surface area contributed by atoms with Gasteiger partial charge in [-0.05, 0) is 36.8 Å². The van der Waals surface area contributed by atoms with Crippen LogP contribution in [0.2, 0.25) is 5.02 Å². The lowest BCUT2D eigenvalue weighted by Gasteiger charge is -2.09. The summed E-state index contributed by atoms with van der Waals surface area (Å²) in [6.45, 7) is 1.92. The molecular formula is C15H15ClN2OS. The second-order valence-corrected chi connectivity index (χ2v) is 5.79. The third kappa shape index (κ3) is 3.92. The SMILES string of the molecule is Cc1ccc(Cl)cc1NC(=O)CSc1ccccc1N. The number of benzene rings is 2. The summed E-state index contributed by atoms with van der Waals surface area (Å²) in [6.07, 6.45) is 0. The molecule has 5 heteroatoms. The fourth-order valence-corrected chi connectivity index (χ4v) is 2.61. The number of nitrogens with two attached hydrogens (primary N) is 1. The molecule has 0 radical (unpaired) electrons. The normalized spacial score (nSPS) is 10.3. The molecule has 1 amide bonds. The van der Waals surface area contributed by atoms with Gasteiger partial charge in [-0.15, -0.1) is 11.8 Å². The monoisotopic (exact) mass is 306 g/mol. The first-order chi connectivity index (χ1) is 9.56. The maximum absolute atomic E-state index is 11.9. The number of anilines is 2. The number of para-hydroxylation sites is 1. The first kappa shape index (κ1) is 14.8. The van der Waals surface area contributed by atoms with E-state index in [0.717, 1.165) is 16.1 Å². The van der Waals surface area contributed by atoms with Crippen LogP contribution in [0.5, 0.6) is 0 Å². The van der Waals surface area contributed by atoms with Gasteiger partial charge in [0.15, 0.2) is 0 Å². The highest BCUT2D eigenvalue weighted by molar-refractivity contribution is 8.00. The van der Waals surface area contributed by atoms with Crippen molar-refractivity contribution in [3.8, 4) is 0 Å². The Kier molecular flexibility index (Phi) is 4.93. The van der Waals surface area contributed by atoms with Gasteiger partial charge >= 0.3 is 0 Å². The molecule has 0 spiro atoms. The van der Waals surface area contributed by atoms with Gasteiger partial charge in [0.25, 0.3) is 0 Å². The zero-order valence-electron chi connectivity index (χ0n) is 11.0. The number of thioether (sulfide) groups is 1. The third-order valence-electron chi connectivity index (χ3n) is 2.75. The number of amides is 1. The molecular weight excluding hydrogens is 292 g/mol. The zero-order chi connectivity index (χ0) is 14.5. The fourth-order valence-electron chi connectivity index (χ4n) is 1.67. The highest BCUT2D eigenvalue weighted by Crippen LogP contribution is 2.25. The van der Waals surface area contributed by atoms with Crippen molar-refractivity contribution in [2.24, 2.45) is 0 Å². The summed E-state index contributed by atoms with van der Waals surface area (Å²) in [5, 5.41) is 3.46. The van der Waals surface area contributed by atoms with Crippen molar-refractivity contribution >= 4 is 40.6 Å². The summed E-state index contributed by atoms with van der Waals surface area (Å²) in [4.78, 5) is 12.9. The van der Waals surface area contributed by atoms with E-state index in [1.807, 2.05) is 37.3 Å². The van der Waals surface area contributed by atoms with E-state index in [9.17, 15) is 4.79 Å². The van der Waals surface area contributed by atoms with Crippen LogP contribution in [-0.2, 0) is 4.79 Å². The first-order valence-electron chi connectivity index (χ1n) is 6.09. The number of nitrogen functional groups attached to an aromatic ring is 1. The van der Waals surface area contributed by atoms with E-state index in [1.54, 1.807) is 12.1 Å². The van der Waals surface area contributed by atoms with Gasteiger partial charge in [0.2, 0.25) is 5.91 Å². The van der Waals surface area contributed by atoms with Crippen LogP contribution in [0.4, 0.5) is 11.4 Å². The number of hydrogen-bond acceptors (Lipinski definition) is 3. The molecule has 3 nitrogen and oxygen atoms in total. The van der Waals surface area contributed by atoms with Gasteiger partial charge in [-0.25, -0.2) is 0 Å². The first-order valence-corrected chi connectivity index (χ1v) is 7.46. The van der Waals surface area contributed by atoms with Crippen LogP contribution in [0.1, 0.15) is 5.56 Å². The summed E-state index contributed by atoms with van der Waals surface area (Å²) < 4.78 is 0. The number of carbonyl (C=O) groups is 1. The molecule has 20 heavy (non-hydrogen) atoms. The molecule has 0 aliphatic rings. The number of rotatable bonds is 4. The Bertz CT molecular complexity index is 631. The van der Waals surface area contributed by atoms with Gasteiger partial charge in [0.05, 0.1) is 5.75 Å². The molecule has 0 saturated heterocycles. The summed E-state index contributed by atoms with van der Waals surface area (Å²) >= 11 is 7.34. The summed E-state index contributed by atoms with van der Waals surface area (Å²) in [5.41, 5.74) is 8.24. The maximum Gasteiger partial charge on any atom is 0.234 e. The van der Waals surface area contributed by atoms with E-state index in [1.165, 1.54) is 11.8 Å². The molecule has 0 aliphatic carbocycles. The van der Waals surface area contributed by atoms with Crippen LogP contribution < -0.4 is 11.1 Å². The van der Waals surface area contributed by atoms with E-state index >= 15 is 0 Å². The molecule has 2 rings (SSSR count). The quantitative estimate of drug-likeness (QED) is 0.664. The van der Waals surface area contributed by atoms with Crippen molar-refractivity contribution < 1.29 is 4.79 Å². The maximum atomic E-state index is 11.9. The van der Waals surface area contributed by atoms with Crippen LogP contribution in [-0.4, -0.2) is 11.7 Å². The topological polar surface area (TPSA) is 55.1 Å². The second-order valence-electron chi connectivity index (χ2n) is 4.33. The Balaban J connectivity index is 1.96. The van der Waals surface area contributed by atoms with Crippen molar-refractivity contribution in [2.45, 2.75) is 11.8 Å². The average molecular weight is 307 g/mol. The van der Waals surface area contributed by atoms with Crippen LogP contribution in [0.15, 0.2) is 47.4 Å². The van der Waals surface area contributed by atoms with E-state index in [0.29, 0.717) is 16.5 Å². The summed E-state index contributed by atoms with van der Waals surface area (Å²) in [7, 11) is 0. The van der Waals surface area contributed by atoms with E-state index < -0.39 is 0 Å². The summed E-state index contributed by atoms with van der Waals surface area (Å²) in [6, 6.07) is 12.9. The molecule has 0 aliphatic heterocycles. The highest BCUT2D eigenvalue weighted by Gasteiger charge is 2.07. The minimum atomic E-state index is -0.0800. The Morgan fingerprint density at radius 3 is 2.80 bits per heavy atom.